The summed E-state index contributed by atoms with van der Waals surface area (Å²) in [6.45, 7) is 0. The Kier molecular flexibility index (Phi) is 14.6. The van der Waals surface area contributed by atoms with E-state index in [1.807, 2.05) is 5.92 Å². The Morgan fingerprint density at radius 2 is 1.67 bits per heavy atom. The summed E-state index contributed by atoms with van der Waals surface area (Å²) in [5.74, 6) is -3.90. The molecule has 7 heteroatoms. The van der Waals surface area contributed by atoms with E-state index in [-0.39, 0.29) is 65.5 Å². The van der Waals surface area contributed by atoms with Gasteiger partial charge in [-0.3, -0.25) is 4.79 Å². The van der Waals surface area contributed by atoms with Gasteiger partial charge < -0.3 is 19.8 Å². The Morgan fingerprint density at radius 3 is 1.93 bits per heavy atom. The average molecular weight is 228 g/mol. The van der Waals surface area contributed by atoms with Crippen LogP contribution in [0.3, 0.4) is 0 Å². The normalized spacial score (nSPS) is 9.80. The summed E-state index contributed by atoms with van der Waals surface area (Å²) in [4.78, 5) is 31.1. The molecule has 1 unspecified atom stereocenters. The summed E-state index contributed by atoms with van der Waals surface area (Å²) in [5.41, 5.74) is 0. The van der Waals surface area contributed by atoms with Crippen LogP contribution in [0.25, 0.3) is 0 Å². The van der Waals surface area contributed by atoms with E-state index in [1.165, 1.54) is 0 Å². The minimum atomic E-state index is -1.66. The van der Waals surface area contributed by atoms with Crippen molar-refractivity contribution in [1.82, 2.24) is 0 Å². The molecular formula is C8H6Na2O5. The zero-order valence-corrected chi connectivity index (χ0v) is 12.6. The van der Waals surface area contributed by atoms with Gasteiger partial charge in [0.1, 0.15) is 5.78 Å². The van der Waals surface area contributed by atoms with E-state index in [2.05, 4.69) is 0 Å². The minimum Gasteiger partial charge on any atom is -0.550 e. The third-order valence-electron chi connectivity index (χ3n) is 1.31. The van der Waals surface area contributed by atoms with Crippen molar-refractivity contribution in [3.05, 3.63) is 0 Å². The minimum absolute atomic E-state index is 0. The Morgan fingerprint density at radius 1 is 1.20 bits per heavy atom. The van der Waals surface area contributed by atoms with Crippen molar-refractivity contribution in [2.75, 3.05) is 0 Å². The van der Waals surface area contributed by atoms with Crippen LogP contribution in [0.4, 0.5) is 0 Å². The maximum atomic E-state index is 10.8. The largest absolute Gasteiger partial charge is 1.00 e. The van der Waals surface area contributed by atoms with E-state index in [1.54, 1.807) is 0 Å². The van der Waals surface area contributed by atoms with Crippen LogP contribution in [0.5, 0.6) is 0 Å². The number of rotatable bonds is 5. The molecule has 0 aliphatic carbocycles. The molecule has 0 fully saturated rings. The van der Waals surface area contributed by atoms with Gasteiger partial charge in [0.05, 0.1) is 11.9 Å². The van der Waals surface area contributed by atoms with E-state index >= 15 is 0 Å². The fourth-order valence-corrected chi connectivity index (χ4v) is 0.712. The number of carboxylic acid groups (broad SMARTS) is 2. The quantitative estimate of drug-likeness (QED) is 0.264. The third-order valence-corrected chi connectivity index (χ3v) is 1.31. The number of carbonyl (C=O) groups is 3. The predicted molar refractivity (Wildman–Crippen MR) is 36.6 cm³/mol. The van der Waals surface area contributed by atoms with Gasteiger partial charge in [-0.2, -0.15) is 0 Å². The molecule has 70 valence electrons. The molecule has 0 aromatic carbocycles. The number of ketones is 1. The molecule has 0 aliphatic heterocycles. The molecule has 0 saturated heterocycles. The van der Waals surface area contributed by atoms with Gasteiger partial charge in [0.2, 0.25) is 0 Å². The monoisotopic (exact) mass is 228 g/mol. The molecule has 0 radical (unpaired) electrons. The van der Waals surface area contributed by atoms with Gasteiger partial charge in [-0.15, -0.1) is 12.3 Å². The number of aliphatic carboxylic acids is 2. The smallest absolute Gasteiger partial charge is 0.550 e. The SMILES string of the molecule is C#CCC(C(=O)[O-])C(=O)CC(=O)[O-].[Na+].[Na+]. The van der Waals surface area contributed by atoms with E-state index in [4.69, 9.17) is 6.42 Å². The second kappa shape index (κ2) is 10.7. The van der Waals surface area contributed by atoms with Crippen LogP contribution < -0.4 is 69.3 Å². The van der Waals surface area contributed by atoms with E-state index < -0.39 is 30.1 Å². The average Bonchev–Trinajstić information content (AvgIpc) is 1.97. The van der Waals surface area contributed by atoms with Crippen LogP contribution in [-0.2, 0) is 14.4 Å². The zero-order valence-electron chi connectivity index (χ0n) is 8.61. The van der Waals surface area contributed by atoms with Crippen LogP contribution in [-0.4, -0.2) is 17.7 Å². The Bertz CT molecular complexity index is 281. The van der Waals surface area contributed by atoms with Crippen molar-refractivity contribution in [3.63, 3.8) is 0 Å². The maximum Gasteiger partial charge on any atom is 1.00 e. The molecule has 5 nitrogen and oxygen atoms in total. The molecule has 0 aromatic rings. The molecule has 0 rings (SSSR count). The van der Waals surface area contributed by atoms with Gasteiger partial charge >= 0.3 is 59.1 Å². The molecular weight excluding hydrogens is 222 g/mol. The first-order valence-electron chi connectivity index (χ1n) is 3.36. The molecule has 0 N–H and O–H groups in total. The van der Waals surface area contributed by atoms with Gasteiger partial charge in [0.25, 0.3) is 0 Å². The first kappa shape index (κ1) is 20.6. The van der Waals surface area contributed by atoms with Gasteiger partial charge in [-0.1, -0.05) is 0 Å². The molecule has 0 aliphatic rings. The number of Topliss-reactive ketones (excluding diaryl/α,β-unsaturated/α-hetero) is 1. The fourth-order valence-electron chi connectivity index (χ4n) is 0.712. The molecule has 0 saturated carbocycles. The van der Waals surface area contributed by atoms with Gasteiger partial charge in [0.15, 0.2) is 0 Å². The number of terminal acetylenes is 1. The standard InChI is InChI=1S/C8H8O5.2Na/c1-2-3-5(8(12)13)6(9)4-7(10)11;;/h1,5H,3-4H2,(H,10,11)(H,12,13);;/q;2*+1/p-2. The first-order valence-corrected chi connectivity index (χ1v) is 3.36. The molecule has 0 amide bonds. The second-order valence-electron chi connectivity index (χ2n) is 2.29. The van der Waals surface area contributed by atoms with Crippen LogP contribution in [0.15, 0.2) is 0 Å². The molecule has 0 aromatic heterocycles. The van der Waals surface area contributed by atoms with Crippen molar-refractivity contribution in [1.29, 1.82) is 0 Å². The van der Waals surface area contributed by atoms with E-state index in [9.17, 15) is 24.6 Å². The van der Waals surface area contributed by atoms with Crippen molar-refractivity contribution in [2.45, 2.75) is 12.8 Å². The van der Waals surface area contributed by atoms with Crippen LogP contribution in [0.1, 0.15) is 12.8 Å². The Labute approximate surface area is 131 Å². The topological polar surface area (TPSA) is 97.3 Å². The Balaban J connectivity index is -0.000000720. The van der Waals surface area contributed by atoms with Crippen molar-refractivity contribution in [3.8, 4) is 12.3 Å². The summed E-state index contributed by atoms with van der Waals surface area (Å²) < 4.78 is 0. The number of hydrogen-bond donors (Lipinski definition) is 0. The number of carboxylic acids is 2. The summed E-state index contributed by atoms with van der Waals surface area (Å²) in [7, 11) is 0. The predicted octanol–water partition coefficient (Wildman–Crippen LogP) is -8.91. The molecule has 15 heavy (non-hydrogen) atoms. The molecule has 0 heterocycles. The van der Waals surface area contributed by atoms with Crippen molar-refractivity contribution in [2.24, 2.45) is 5.92 Å². The van der Waals surface area contributed by atoms with Crippen LogP contribution in [0, 0.1) is 18.3 Å². The summed E-state index contributed by atoms with van der Waals surface area (Å²) in [5, 5.41) is 20.2. The first-order chi connectivity index (χ1) is 5.99. The zero-order chi connectivity index (χ0) is 10.4. The maximum absolute atomic E-state index is 10.8. The summed E-state index contributed by atoms with van der Waals surface area (Å²) >= 11 is 0. The van der Waals surface area contributed by atoms with E-state index in [0.717, 1.165) is 0 Å². The van der Waals surface area contributed by atoms with Gasteiger partial charge in [-0.05, 0) is 0 Å². The molecule has 1 atom stereocenters. The van der Waals surface area contributed by atoms with Crippen molar-refractivity contribution < 1.29 is 83.7 Å². The second-order valence-corrected chi connectivity index (χ2v) is 2.29. The van der Waals surface area contributed by atoms with E-state index in [0.29, 0.717) is 0 Å². The van der Waals surface area contributed by atoms with Crippen LogP contribution in [0.2, 0.25) is 0 Å². The van der Waals surface area contributed by atoms with Gasteiger partial charge in [0, 0.05) is 18.8 Å². The molecule has 0 spiro atoms. The molecule has 0 bridgehead atoms. The summed E-state index contributed by atoms with van der Waals surface area (Å²) in [6, 6.07) is 0. The number of carbonyl (C=O) groups excluding carboxylic acids is 3. The number of hydrogen-bond acceptors (Lipinski definition) is 5. The van der Waals surface area contributed by atoms with Crippen molar-refractivity contribution >= 4 is 17.7 Å². The van der Waals surface area contributed by atoms with Gasteiger partial charge in [-0.25, -0.2) is 0 Å². The fraction of sp³-hybridized carbons (Fsp3) is 0.375. The Hall–Kier alpha value is 0.170. The summed E-state index contributed by atoms with van der Waals surface area (Å²) in [6.07, 6.45) is 3.45. The van der Waals surface area contributed by atoms with Crippen LogP contribution >= 0.6 is 0 Å². The third kappa shape index (κ3) is 9.12.